The third kappa shape index (κ3) is 2.56. The second kappa shape index (κ2) is 6.09. The Labute approximate surface area is 118 Å². The summed E-state index contributed by atoms with van der Waals surface area (Å²) in [5.41, 5.74) is 3.12. The lowest BCUT2D eigenvalue weighted by atomic mass is 10.0. The zero-order valence-electron chi connectivity index (χ0n) is 12.0. The Kier molecular flexibility index (Phi) is 4.45. The molecule has 0 amide bonds. The number of hydrogen-bond donors (Lipinski definition) is 2. The maximum absolute atomic E-state index is 11.6. The molecule has 0 saturated heterocycles. The second-order valence-electron chi connectivity index (χ2n) is 5.13. The summed E-state index contributed by atoms with van der Waals surface area (Å²) in [4.78, 5) is 11.6. The number of fused-ring (bicyclic) bond motifs is 1. The summed E-state index contributed by atoms with van der Waals surface area (Å²) >= 11 is 0. The van der Waals surface area contributed by atoms with Gasteiger partial charge in [-0.2, -0.15) is 0 Å². The van der Waals surface area contributed by atoms with Crippen molar-refractivity contribution < 1.29 is 15.0 Å². The van der Waals surface area contributed by atoms with Gasteiger partial charge in [0.15, 0.2) is 0 Å². The summed E-state index contributed by atoms with van der Waals surface area (Å²) in [5.74, 6) is -0.889. The van der Waals surface area contributed by atoms with Crippen LogP contribution in [0.5, 0.6) is 0 Å². The third-order valence-corrected chi connectivity index (χ3v) is 3.62. The highest BCUT2D eigenvalue weighted by atomic mass is 16.4. The number of aryl methyl sites for hydroxylation is 3. The van der Waals surface area contributed by atoms with Crippen molar-refractivity contribution in [3.63, 3.8) is 0 Å². The monoisotopic (exact) mass is 275 g/mol. The topological polar surface area (TPSA) is 62.5 Å². The van der Waals surface area contributed by atoms with E-state index < -0.39 is 5.97 Å². The first-order valence-electron chi connectivity index (χ1n) is 7.05. The van der Waals surface area contributed by atoms with Crippen LogP contribution >= 0.6 is 0 Å². The Balaban J connectivity index is 2.69. The first-order valence-corrected chi connectivity index (χ1v) is 7.05. The van der Waals surface area contributed by atoms with Crippen LogP contribution < -0.4 is 0 Å². The largest absolute Gasteiger partial charge is 0.478 e. The summed E-state index contributed by atoms with van der Waals surface area (Å²) in [7, 11) is 0. The first-order chi connectivity index (χ1) is 9.60. The van der Waals surface area contributed by atoms with Crippen molar-refractivity contribution >= 4 is 16.9 Å². The maximum atomic E-state index is 11.6. The predicted octanol–water partition coefficient (Wildman–Crippen LogP) is 2.98. The van der Waals surface area contributed by atoms with E-state index in [1.54, 1.807) is 0 Å². The molecule has 1 aromatic heterocycles. The number of aromatic nitrogens is 1. The van der Waals surface area contributed by atoms with E-state index in [1.807, 2.05) is 29.8 Å². The Morgan fingerprint density at radius 2 is 2.10 bits per heavy atom. The molecule has 0 aliphatic rings. The van der Waals surface area contributed by atoms with Gasteiger partial charge < -0.3 is 14.8 Å². The van der Waals surface area contributed by atoms with Gasteiger partial charge in [0.25, 0.3) is 0 Å². The van der Waals surface area contributed by atoms with Gasteiger partial charge >= 0.3 is 5.97 Å². The molecule has 0 unspecified atom stereocenters. The van der Waals surface area contributed by atoms with Crippen LogP contribution in [0.1, 0.15) is 41.3 Å². The van der Waals surface area contributed by atoms with E-state index in [1.165, 1.54) is 5.56 Å². The number of nitrogens with zero attached hydrogens (tertiary/aromatic N) is 1. The number of rotatable bonds is 6. The van der Waals surface area contributed by atoms with Crippen LogP contribution in [0.4, 0.5) is 0 Å². The van der Waals surface area contributed by atoms with Gasteiger partial charge in [0.1, 0.15) is 0 Å². The lowest BCUT2D eigenvalue weighted by Gasteiger charge is -2.08. The van der Waals surface area contributed by atoms with Gasteiger partial charge in [-0.15, -0.1) is 0 Å². The molecule has 108 valence electrons. The summed E-state index contributed by atoms with van der Waals surface area (Å²) in [6.45, 7) is 4.69. The smallest absolute Gasteiger partial charge is 0.338 e. The van der Waals surface area contributed by atoms with E-state index in [9.17, 15) is 9.90 Å². The fraction of sp³-hybridized carbons (Fsp3) is 0.438. The van der Waals surface area contributed by atoms with Gasteiger partial charge in [-0.1, -0.05) is 25.5 Å². The van der Waals surface area contributed by atoms with Crippen molar-refractivity contribution in [3.05, 3.63) is 35.0 Å². The normalized spacial score (nSPS) is 11.2. The van der Waals surface area contributed by atoms with E-state index in [0.717, 1.165) is 29.3 Å². The fourth-order valence-electron chi connectivity index (χ4n) is 2.73. The Morgan fingerprint density at radius 3 is 2.70 bits per heavy atom. The van der Waals surface area contributed by atoms with Gasteiger partial charge in [-0.3, -0.25) is 0 Å². The van der Waals surface area contributed by atoms with Gasteiger partial charge in [-0.05, 0) is 30.9 Å². The number of carbonyl (C=O) groups is 1. The Hall–Kier alpha value is -1.81. The highest BCUT2D eigenvalue weighted by molar-refractivity contribution is 6.04. The molecule has 0 aliphatic heterocycles. The van der Waals surface area contributed by atoms with Crippen LogP contribution in [0.2, 0.25) is 0 Å². The molecule has 2 aromatic rings. The molecule has 0 radical (unpaired) electrons. The highest BCUT2D eigenvalue weighted by Gasteiger charge is 2.18. The molecule has 0 bridgehead atoms. The molecule has 20 heavy (non-hydrogen) atoms. The predicted molar refractivity (Wildman–Crippen MR) is 79.3 cm³/mol. The summed E-state index contributed by atoms with van der Waals surface area (Å²) in [6, 6.07) is 3.89. The van der Waals surface area contributed by atoms with Crippen LogP contribution in [0.15, 0.2) is 18.3 Å². The van der Waals surface area contributed by atoms with Crippen LogP contribution in [0, 0.1) is 6.92 Å². The van der Waals surface area contributed by atoms with Gasteiger partial charge in [0.05, 0.1) is 11.1 Å². The number of benzene rings is 1. The molecule has 0 fully saturated rings. The minimum atomic E-state index is -0.889. The van der Waals surface area contributed by atoms with Gasteiger partial charge in [0, 0.05) is 24.7 Å². The molecule has 4 heteroatoms. The summed E-state index contributed by atoms with van der Waals surface area (Å²) < 4.78 is 1.98. The van der Waals surface area contributed by atoms with Gasteiger partial charge in [-0.25, -0.2) is 4.79 Å². The molecule has 0 spiro atoms. The molecule has 2 N–H and O–H groups in total. The molecule has 0 atom stereocenters. The van der Waals surface area contributed by atoms with Crippen molar-refractivity contribution in [3.8, 4) is 0 Å². The number of carboxylic acids is 1. The lowest BCUT2D eigenvalue weighted by molar-refractivity contribution is 0.0698. The molecular formula is C16H21NO3. The Bertz CT molecular complexity index is 628. The Morgan fingerprint density at radius 1 is 1.35 bits per heavy atom. The fourth-order valence-corrected chi connectivity index (χ4v) is 2.73. The second-order valence-corrected chi connectivity index (χ2v) is 5.13. The molecule has 1 aromatic carbocycles. The molecule has 2 rings (SSSR count). The lowest BCUT2D eigenvalue weighted by Crippen LogP contribution is -2.06. The SMILES string of the molecule is CCCc1cn(CCCO)c2c(C(=O)O)c(C)ccc12. The number of aliphatic hydroxyl groups excluding tert-OH is 1. The van der Waals surface area contributed by atoms with E-state index in [4.69, 9.17) is 5.11 Å². The molecule has 4 nitrogen and oxygen atoms in total. The molecule has 0 saturated carbocycles. The summed E-state index contributed by atoms with van der Waals surface area (Å²) in [6.07, 6.45) is 4.62. The number of hydrogen-bond acceptors (Lipinski definition) is 2. The minimum absolute atomic E-state index is 0.108. The van der Waals surface area contributed by atoms with E-state index >= 15 is 0 Å². The standard InChI is InChI=1S/C16H21NO3/c1-3-5-12-10-17(8-4-9-18)15-13(12)7-6-11(2)14(15)16(19)20/h6-7,10,18H,3-5,8-9H2,1-2H3,(H,19,20). The van der Waals surface area contributed by atoms with Crippen molar-refractivity contribution in [2.45, 2.75) is 39.7 Å². The number of aromatic carboxylic acids is 1. The average Bonchev–Trinajstić information content (AvgIpc) is 2.74. The van der Waals surface area contributed by atoms with Crippen LogP contribution in [-0.4, -0.2) is 27.4 Å². The van der Waals surface area contributed by atoms with Crippen molar-refractivity contribution in [1.82, 2.24) is 4.57 Å². The number of aliphatic hydroxyl groups is 1. The summed E-state index contributed by atoms with van der Waals surface area (Å²) in [5, 5.41) is 19.5. The highest BCUT2D eigenvalue weighted by Crippen LogP contribution is 2.28. The molecule has 0 aliphatic carbocycles. The molecule has 1 heterocycles. The van der Waals surface area contributed by atoms with E-state index in [0.29, 0.717) is 18.5 Å². The first kappa shape index (κ1) is 14.6. The average molecular weight is 275 g/mol. The zero-order chi connectivity index (χ0) is 14.7. The van der Waals surface area contributed by atoms with Crippen molar-refractivity contribution in [1.29, 1.82) is 0 Å². The van der Waals surface area contributed by atoms with Crippen molar-refractivity contribution in [2.75, 3.05) is 6.61 Å². The minimum Gasteiger partial charge on any atom is -0.478 e. The van der Waals surface area contributed by atoms with E-state index in [-0.39, 0.29) is 6.61 Å². The van der Waals surface area contributed by atoms with Crippen LogP contribution in [0.3, 0.4) is 0 Å². The molecular weight excluding hydrogens is 254 g/mol. The zero-order valence-corrected chi connectivity index (χ0v) is 12.0. The third-order valence-electron chi connectivity index (χ3n) is 3.62. The number of carboxylic acid groups (broad SMARTS) is 1. The quantitative estimate of drug-likeness (QED) is 0.852. The van der Waals surface area contributed by atoms with Crippen LogP contribution in [-0.2, 0) is 13.0 Å². The van der Waals surface area contributed by atoms with Crippen molar-refractivity contribution in [2.24, 2.45) is 0 Å². The van der Waals surface area contributed by atoms with Gasteiger partial charge in [0.2, 0.25) is 0 Å². The maximum Gasteiger partial charge on any atom is 0.338 e. The van der Waals surface area contributed by atoms with E-state index in [2.05, 4.69) is 6.92 Å². The van der Waals surface area contributed by atoms with Crippen LogP contribution in [0.25, 0.3) is 10.9 Å².